The number of fused-ring (bicyclic) bond motifs is 3. The summed E-state index contributed by atoms with van der Waals surface area (Å²) < 4.78 is 9.01. The molecule has 2 aromatic heterocycles. The van der Waals surface area contributed by atoms with Gasteiger partial charge in [-0.1, -0.05) is 37.3 Å². The molecule has 0 aliphatic rings. The van der Waals surface area contributed by atoms with E-state index >= 15 is 0 Å². The van der Waals surface area contributed by atoms with Crippen LogP contribution in [0.5, 0.6) is 5.75 Å². The van der Waals surface area contributed by atoms with E-state index in [0.29, 0.717) is 27.3 Å². The molecule has 0 atom stereocenters. The molecular weight excluding hydrogens is 462 g/mol. The largest absolute Gasteiger partial charge is 0.497 e. The van der Waals surface area contributed by atoms with Gasteiger partial charge in [0.15, 0.2) is 0 Å². The smallest absolute Gasteiger partial charge is 0.336 e. The molecule has 0 spiro atoms. The van der Waals surface area contributed by atoms with E-state index in [4.69, 9.17) is 4.74 Å². The van der Waals surface area contributed by atoms with Crippen molar-refractivity contribution in [3.05, 3.63) is 99.2 Å². The zero-order valence-corrected chi connectivity index (χ0v) is 20.1. The molecule has 1 N–H and O–H groups in total. The highest BCUT2D eigenvalue weighted by Crippen LogP contribution is 2.31. The molecule has 0 bridgehead atoms. The Morgan fingerprint density at radius 2 is 1.69 bits per heavy atom. The fourth-order valence-electron chi connectivity index (χ4n) is 4.12. The summed E-state index contributed by atoms with van der Waals surface area (Å²) in [7, 11) is 1.57. The molecule has 2 heterocycles. The van der Waals surface area contributed by atoms with E-state index in [2.05, 4.69) is 5.32 Å². The average molecular weight is 486 g/mol. The first-order chi connectivity index (χ1) is 17.0. The van der Waals surface area contributed by atoms with Gasteiger partial charge in [-0.2, -0.15) is 0 Å². The number of amides is 1. The summed E-state index contributed by atoms with van der Waals surface area (Å²) in [6.07, 6.45) is 0.848. The minimum absolute atomic E-state index is 0.241. The van der Waals surface area contributed by atoms with Gasteiger partial charge in [-0.15, -0.1) is 11.3 Å². The molecule has 0 aliphatic heterocycles. The highest BCUT2D eigenvalue weighted by atomic mass is 32.1. The summed E-state index contributed by atoms with van der Waals surface area (Å²) in [5, 5.41) is 3.60. The Morgan fingerprint density at radius 1 is 0.971 bits per heavy atom. The van der Waals surface area contributed by atoms with Crippen LogP contribution >= 0.6 is 11.3 Å². The maximum absolute atomic E-state index is 13.7. The van der Waals surface area contributed by atoms with Crippen LogP contribution in [0.4, 0.5) is 5.69 Å². The Balaban J connectivity index is 1.66. The molecule has 1 amide bonds. The molecule has 0 unspecified atom stereocenters. The molecular formula is C27H23N3O4S. The number of thiophene rings is 1. The van der Waals surface area contributed by atoms with Crippen LogP contribution in [0.1, 0.15) is 12.5 Å². The predicted octanol–water partition coefficient (Wildman–Crippen LogP) is 4.58. The second kappa shape index (κ2) is 9.23. The SMILES string of the molecule is CCc1ccc(-n2c(=O)c3sc4ccccc4c3n(CC(=O)Nc3ccc(OC)cc3)c2=O)cc1. The second-order valence-electron chi connectivity index (χ2n) is 8.08. The molecule has 7 nitrogen and oxygen atoms in total. The first kappa shape index (κ1) is 22.6. The van der Waals surface area contributed by atoms with E-state index in [1.54, 1.807) is 43.5 Å². The number of benzene rings is 3. The minimum atomic E-state index is -0.555. The van der Waals surface area contributed by atoms with Gasteiger partial charge in [-0.25, -0.2) is 9.36 Å². The van der Waals surface area contributed by atoms with Crippen molar-refractivity contribution in [1.29, 1.82) is 0 Å². The lowest BCUT2D eigenvalue weighted by Crippen LogP contribution is -2.40. The van der Waals surface area contributed by atoms with E-state index in [0.717, 1.165) is 26.6 Å². The lowest BCUT2D eigenvalue weighted by Gasteiger charge is -2.13. The predicted molar refractivity (Wildman–Crippen MR) is 140 cm³/mol. The number of nitrogens with zero attached hydrogens (tertiary/aromatic N) is 2. The standard InChI is InChI=1S/C27H23N3O4S/c1-3-17-8-12-19(13-9-17)30-26(32)25-24(21-6-4-5-7-22(21)35-25)29(27(30)33)16-23(31)28-18-10-14-20(34-2)15-11-18/h4-15H,3,16H2,1-2H3,(H,28,31). The molecule has 0 saturated heterocycles. The van der Waals surface area contributed by atoms with Crippen molar-refractivity contribution in [2.75, 3.05) is 12.4 Å². The number of nitrogens with one attached hydrogen (secondary N) is 1. The van der Waals surface area contributed by atoms with Gasteiger partial charge >= 0.3 is 5.69 Å². The Hall–Kier alpha value is -4.17. The Morgan fingerprint density at radius 3 is 2.37 bits per heavy atom. The Labute approximate surface area is 204 Å². The highest BCUT2D eigenvalue weighted by Gasteiger charge is 2.20. The van der Waals surface area contributed by atoms with Gasteiger partial charge in [0.05, 0.1) is 18.3 Å². The first-order valence-corrected chi connectivity index (χ1v) is 12.0. The van der Waals surface area contributed by atoms with Crippen LogP contribution in [0.25, 0.3) is 26.0 Å². The number of hydrogen-bond donors (Lipinski definition) is 1. The first-order valence-electron chi connectivity index (χ1n) is 11.2. The lowest BCUT2D eigenvalue weighted by atomic mass is 10.1. The van der Waals surface area contributed by atoms with Crippen LogP contribution in [0.15, 0.2) is 82.4 Å². The minimum Gasteiger partial charge on any atom is -0.497 e. The van der Waals surface area contributed by atoms with Crippen molar-refractivity contribution in [3.63, 3.8) is 0 Å². The number of aromatic nitrogens is 2. The van der Waals surface area contributed by atoms with Crippen LogP contribution in [-0.2, 0) is 17.8 Å². The summed E-state index contributed by atoms with van der Waals surface area (Å²) in [6, 6.07) is 21.8. The topological polar surface area (TPSA) is 82.3 Å². The zero-order valence-electron chi connectivity index (χ0n) is 19.3. The molecule has 3 aromatic carbocycles. The van der Waals surface area contributed by atoms with E-state index in [9.17, 15) is 14.4 Å². The third-order valence-corrected chi connectivity index (χ3v) is 7.09. The normalized spacial score (nSPS) is 11.1. The molecule has 8 heteroatoms. The van der Waals surface area contributed by atoms with Crippen molar-refractivity contribution < 1.29 is 9.53 Å². The molecule has 0 fully saturated rings. The van der Waals surface area contributed by atoms with Crippen LogP contribution in [0, 0.1) is 0 Å². The average Bonchev–Trinajstić information content (AvgIpc) is 3.27. The second-order valence-corrected chi connectivity index (χ2v) is 9.13. The molecule has 35 heavy (non-hydrogen) atoms. The maximum atomic E-state index is 13.7. The van der Waals surface area contributed by atoms with Gasteiger partial charge < -0.3 is 10.1 Å². The van der Waals surface area contributed by atoms with E-state index < -0.39 is 5.69 Å². The molecule has 0 radical (unpaired) electrons. The molecule has 0 saturated carbocycles. The van der Waals surface area contributed by atoms with Gasteiger partial charge in [0.2, 0.25) is 5.91 Å². The van der Waals surface area contributed by atoms with Crippen molar-refractivity contribution in [1.82, 2.24) is 9.13 Å². The van der Waals surface area contributed by atoms with Crippen LogP contribution in [0.3, 0.4) is 0 Å². The van der Waals surface area contributed by atoms with Gasteiger partial charge in [0.1, 0.15) is 17.0 Å². The zero-order chi connectivity index (χ0) is 24.5. The molecule has 5 rings (SSSR count). The van der Waals surface area contributed by atoms with Crippen molar-refractivity contribution in [2.24, 2.45) is 0 Å². The van der Waals surface area contributed by atoms with Crippen molar-refractivity contribution in [2.45, 2.75) is 19.9 Å². The third kappa shape index (κ3) is 4.13. The van der Waals surface area contributed by atoms with Gasteiger partial charge in [-0.3, -0.25) is 14.2 Å². The van der Waals surface area contributed by atoms with E-state index in [1.807, 2.05) is 43.3 Å². The quantitative estimate of drug-likeness (QED) is 0.382. The number of carbonyl (C=O) groups is 1. The maximum Gasteiger partial charge on any atom is 0.336 e. The van der Waals surface area contributed by atoms with E-state index in [1.165, 1.54) is 15.9 Å². The highest BCUT2D eigenvalue weighted by molar-refractivity contribution is 7.25. The fourth-order valence-corrected chi connectivity index (χ4v) is 5.26. The van der Waals surface area contributed by atoms with Crippen molar-refractivity contribution >= 4 is 43.2 Å². The summed E-state index contributed by atoms with van der Waals surface area (Å²) in [5.41, 5.74) is 1.69. The fraction of sp³-hybridized carbons (Fsp3) is 0.148. The van der Waals surface area contributed by atoms with Gasteiger partial charge in [-0.05, 0) is 54.4 Å². The number of carbonyl (C=O) groups excluding carboxylic acids is 1. The lowest BCUT2D eigenvalue weighted by molar-refractivity contribution is -0.116. The number of hydrogen-bond acceptors (Lipinski definition) is 5. The summed E-state index contributed by atoms with van der Waals surface area (Å²) in [6.45, 7) is 1.80. The number of aryl methyl sites for hydroxylation is 1. The summed E-state index contributed by atoms with van der Waals surface area (Å²) >= 11 is 1.32. The number of ether oxygens (including phenoxy) is 1. The monoisotopic (exact) mass is 485 g/mol. The van der Waals surface area contributed by atoms with Gasteiger partial charge in [0, 0.05) is 15.8 Å². The Kier molecular flexibility index (Phi) is 5.96. The van der Waals surface area contributed by atoms with Gasteiger partial charge in [0.25, 0.3) is 5.56 Å². The number of rotatable bonds is 6. The van der Waals surface area contributed by atoms with Crippen LogP contribution in [-0.4, -0.2) is 22.2 Å². The van der Waals surface area contributed by atoms with Crippen molar-refractivity contribution in [3.8, 4) is 11.4 Å². The van der Waals surface area contributed by atoms with Crippen LogP contribution < -0.4 is 21.3 Å². The summed E-state index contributed by atoms with van der Waals surface area (Å²) in [4.78, 5) is 40.2. The third-order valence-electron chi connectivity index (χ3n) is 5.94. The Bertz CT molecular complexity index is 1660. The summed E-state index contributed by atoms with van der Waals surface area (Å²) in [5.74, 6) is 0.298. The molecule has 0 aliphatic carbocycles. The molecule has 176 valence electrons. The number of anilines is 1. The molecule has 5 aromatic rings. The number of methoxy groups -OCH3 is 1. The van der Waals surface area contributed by atoms with Crippen LogP contribution in [0.2, 0.25) is 0 Å². The van der Waals surface area contributed by atoms with E-state index in [-0.39, 0.29) is 18.0 Å².